The standard InChI is InChI=1S/C27H27Cl2N2.BrH/c1-3-26(15-13-20-9-5-7-11-22(20)17-26)30-19-31(25(29)24(30)28)27(4-2)16-14-21-10-6-8-12-23(21)18-27;/h5-16,19H,3-4,17-18H2,1-2H3;1H/q+1;/p-1. The first-order chi connectivity index (χ1) is 15.0. The summed E-state index contributed by atoms with van der Waals surface area (Å²) in [6.07, 6.45) is 14.9. The van der Waals surface area contributed by atoms with Crippen LogP contribution in [0.3, 0.4) is 0 Å². The highest BCUT2D eigenvalue weighted by Gasteiger charge is 2.44. The molecule has 32 heavy (non-hydrogen) atoms. The van der Waals surface area contributed by atoms with E-state index in [4.69, 9.17) is 23.2 Å². The first-order valence-corrected chi connectivity index (χ1v) is 11.8. The average Bonchev–Trinajstić information content (AvgIpc) is 3.13. The van der Waals surface area contributed by atoms with Gasteiger partial charge in [-0.3, -0.25) is 0 Å². The molecular formula is C27H27BrCl2N2. The molecule has 3 aromatic rings. The molecule has 1 aromatic heterocycles. The predicted molar refractivity (Wildman–Crippen MR) is 130 cm³/mol. The third kappa shape index (κ3) is 3.59. The Morgan fingerprint density at radius 3 is 2.06 bits per heavy atom. The van der Waals surface area contributed by atoms with Gasteiger partial charge in [0.1, 0.15) is 11.1 Å². The summed E-state index contributed by atoms with van der Waals surface area (Å²) >= 11 is 13.9. The zero-order valence-corrected chi connectivity index (χ0v) is 21.5. The molecule has 5 heteroatoms. The molecule has 0 amide bonds. The lowest BCUT2D eigenvalue weighted by atomic mass is 9.81. The number of nitrogens with zero attached hydrogens (tertiary/aromatic N) is 2. The Morgan fingerprint density at radius 2 is 1.44 bits per heavy atom. The molecule has 2 nitrogen and oxygen atoms in total. The van der Waals surface area contributed by atoms with Crippen LogP contribution in [-0.4, -0.2) is 4.57 Å². The minimum absolute atomic E-state index is 0. The van der Waals surface area contributed by atoms with Gasteiger partial charge in [0.05, 0.1) is 0 Å². The minimum Gasteiger partial charge on any atom is -1.00 e. The lowest BCUT2D eigenvalue weighted by Gasteiger charge is -2.32. The Balaban J connectivity index is 0.00000245. The van der Waals surface area contributed by atoms with Crippen molar-refractivity contribution in [1.82, 2.24) is 4.57 Å². The van der Waals surface area contributed by atoms with Gasteiger partial charge in [-0.15, -0.1) is 0 Å². The maximum atomic E-state index is 6.93. The number of imidazole rings is 1. The molecule has 0 bridgehead atoms. The van der Waals surface area contributed by atoms with Crippen LogP contribution in [0.5, 0.6) is 0 Å². The highest BCUT2D eigenvalue weighted by atomic mass is 79.9. The van der Waals surface area contributed by atoms with Crippen molar-refractivity contribution in [2.45, 2.75) is 50.6 Å². The van der Waals surface area contributed by atoms with Gasteiger partial charge in [-0.05, 0) is 70.4 Å². The lowest BCUT2D eigenvalue weighted by molar-refractivity contribution is -0.751. The van der Waals surface area contributed by atoms with Crippen LogP contribution in [0.25, 0.3) is 12.2 Å². The number of benzene rings is 2. The van der Waals surface area contributed by atoms with Crippen molar-refractivity contribution < 1.29 is 21.5 Å². The van der Waals surface area contributed by atoms with Crippen molar-refractivity contribution in [3.05, 3.63) is 99.6 Å². The summed E-state index contributed by atoms with van der Waals surface area (Å²) in [7, 11) is 0. The summed E-state index contributed by atoms with van der Waals surface area (Å²) in [5.41, 5.74) is 4.79. The van der Waals surface area contributed by atoms with Crippen molar-refractivity contribution in [2.24, 2.45) is 0 Å². The maximum absolute atomic E-state index is 6.93. The Kier molecular flexibility index (Phi) is 6.46. The van der Waals surface area contributed by atoms with E-state index in [0.29, 0.717) is 10.3 Å². The molecule has 0 saturated heterocycles. The molecule has 1 heterocycles. The summed E-state index contributed by atoms with van der Waals surface area (Å²) < 4.78 is 4.38. The molecule has 2 aromatic carbocycles. The monoisotopic (exact) mass is 528 g/mol. The second-order valence-electron chi connectivity index (χ2n) is 8.77. The summed E-state index contributed by atoms with van der Waals surface area (Å²) in [5.74, 6) is 0. The fourth-order valence-corrected chi connectivity index (χ4v) is 5.78. The summed E-state index contributed by atoms with van der Waals surface area (Å²) in [6.45, 7) is 4.44. The number of aromatic nitrogens is 2. The molecule has 2 atom stereocenters. The molecule has 2 aliphatic rings. The lowest BCUT2D eigenvalue weighted by Crippen LogP contribution is -3.00. The molecule has 166 valence electrons. The van der Waals surface area contributed by atoms with E-state index in [-0.39, 0.29) is 28.1 Å². The molecule has 5 rings (SSSR count). The van der Waals surface area contributed by atoms with E-state index in [1.165, 1.54) is 22.3 Å². The molecule has 0 spiro atoms. The highest BCUT2D eigenvalue weighted by Crippen LogP contribution is 2.39. The van der Waals surface area contributed by atoms with Crippen LogP contribution in [0.2, 0.25) is 10.3 Å². The van der Waals surface area contributed by atoms with Crippen LogP contribution in [0, 0.1) is 0 Å². The average molecular weight is 530 g/mol. The van der Waals surface area contributed by atoms with E-state index in [9.17, 15) is 0 Å². The summed E-state index contributed by atoms with van der Waals surface area (Å²) in [6, 6.07) is 17.2. The smallest absolute Gasteiger partial charge is 0.255 e. The Labute approximate surface area is 211 Å². The number of rotatable bonds is 4. The quantitative estimate of drug-likeness (QED) is 0.454. The SMILES string of the molecule is CCC1(n2c[n+](C3(CC)C=Cc4ccccc4C3)c(Cl)c2Cl)C=Cc2ccccc2C1.[Br-]. The molecule has 0 N–H and O–H groups in total. The largest absolute Gasteiger partial charge is 1.00 e. The van der Waals surface area contributed by atoms with Crippen molar-refractivity contribution in [3.63, 3.8) is 0 Å². The molecule has 0 aliphatic heterocycles. The van der Waals surface area contributed by atoms with Crippen LogP contribution in [0.15, 0.2) is 67.0 Å². The van der Waals surface area contributed by atoms with Gasteiger partial charge in [0.2, 0.25) is 6.33 Å². The zero-order valence-electron chi connectivity index (χ0n) is 18.4. The van der Waals surface area contributed by atoms with Crippen LogP contribution < -0.4 is 21.5 Å². The van der Waals surface area contributed by atoms with Gasteiger partial charge < -0.3 is 17.0 Å². The molecular weight excluding hydrogens is 503 g/mol. The van der Waals surface area contributed by atoms with E-state index in [1.54, 1.807) is 0 Å². The van der Waals surface area contributed by atoms with Gasteiger partial charge in [-0.1, -0.05) is 74.5 Å². The zero-order chi connectivity index (χ0) is 21.6. The van der Waals surface area contributed by atoms with Crippen molar-refractivity contribution in [1.29, 1.82) is 0 Å². The van der Waals surface area contributed by atoms with Gasteiger partial charge in [0, 0.05) is 12.8 Å². The number of fused-ring (bicyclic) bond motifs is 2. The first-order valence-electron chi connectivity index (χ1n) is 11.1. The van der Waals surface area contributed by atoms with Crippen molar-refractivity contribution >= 4 is 35.4 Å². The van der Waals surface area contributed by atoms with E-state index in [0.717, 1.165) is 25.7 Å². The number of halogens is 3. The number of hydrogen-bond acceptors (Lipinski definition) is 0. The second kappa shape index (κ2) is 8.85. The van der Waals surface area contributed by atoms with Crippen LogP contribution in [-0.2, 0) is 23.9 Å². The van der Waals surface area contributed by atoms with Gasteiger partial charge in [0.25, 0.3) is 10.3 Å². The first kappa shape index (κ1) is 23.4. The summed E-state index contributed by atoms with van der Waals surface area (Å²) in [4.78, 5) is 0. The van der Waals surface area contributed by atoms with Gasteiger partial charge >= 0.3 is 0 Å². The topological polar surface area (TPSA) is 8.81 Å². The summed E-state index contributed by atoms with van der Waals surface area (Å²) in [5, 5.41) is 1.21. The molecule has 2 aliphatic carbocycles. The predicted octanol–water partition coefficient (Wildman–Crippen LogP) is 3.84. The second-order valence-corrected chi connectivity index (χ2v) is 9.49. The minimum atomic E-state index is -0.231. The van der Waals surface area contributed by atoms with Gasteiger partial charge in [0.15, 0.2) is 0 Å². The van der Waals surface area contributed by atoms with E-state index < -0.39 is 0 Å². The fraction of sp³-hybridized carbons (Fsp3) is 0.296. The molecule has 2 unspecified atom stereocenters. The highest BCUT2D eigenvalue weighted by molar-refractivity contribution is 6.39. The fourth-order valence-electron chi connectivity index (χ4n) is 5.18. The molecule has 0 fully saturated rings. The Bertz CT molecular complexity index is 1120. The molecule has 0 radical (unpaired) electrons. The third-order valence-electron chi connectivity index (χ3n) is 7.26. The third-order valence-corrected chi connectivity index (χ3v) is 8.08. The van der Waals surface area contributed by atoms with Gasteiger partial charge in [-0.2, -0.15) is 0 Å². The maximum Gasteiger partial charge on any atom is 0.255 e. The van der Waals surface area contributed by atoms with Gasteiger partial charge in [-0.25, -0.2) is 9.13 Å². The molecule has 0 saturated carbocycles. The van der Waals surface area contributed by atoms with E-state index in [1.807, 2.05) is 0 Å². The normalized spacial score (nSPS) is 23.4. The van der Waals surface area contributed by atoms with Crippen LogP contribution >= 0.6 is 23.2 Å². The van der Waals surface area contributed by atoms with Crippen molar-refractivity contribution in [3.8, 4) is 0 Å². The van der Waals surface area contributed by atoms with E-state index >= 15 is 0 Å². The number of hydrogen-bond donors (Lipinski definition) is 0. The van der Waals surface area contributed by atoms with E-state index in [2.05, 4.69) is 102 Å². The van der Waals surface area contributed by atoms with Crippen LogP contribution in [0.4, 0.5) is 0 Å². The Morgan fingerprint density at radius 1 is 0.844 bits per heavy atom. The number of allylic oxidation sites excluding steroid dienone is 2. The van der Waals surface area contributed by atoms with Crippen molar-refractivity contribution in [2.75, 3.05) is 0 Å². The Hall–Kier alpha value is -1.81. The van der Waals surface area contributed by atoms with Crippen LogP contribution in [0.1, 0.15) is 48.9 Å².